The molecule has 2 heterocycles. The second-order valence-corrected chi connectivity index (χ2v) is 10.7. The standard InChI is InChI=1S/C29H37FN4O/c1-20(2)22-13-15-33(16-14-22)19-21-11-12-26-27(17-21)34(25-9-4-3-5-10-25)29(31-26)32-28(35)23-7-6-8-24(30)18-23/h6-8,11-12,17-18,20,22,25H,3-5,9-10,13-16,19H2,1-2H3,(H,31,32,35). The molecule has 0 radical (unpaired) electrons. The smallest absolute Gasteiger partial charge is 0.258 e. The fraction of sp³-hybridized carbons (Fsp3) is 0.517. The molecule has 1 saturated heterocycles. The van der Waals surface area contributed by atoms with Crippen LogP contribution in [0.15, 0.2) is 42.5 Å². The molecule has 1 amide bonds. The first kappa shape index (κ1) is 24.0. The Balaban J connectivity index is 1.42. The maximum Gasteiger partial charge on any atom is 0.258 e. The summed E-state index contributed by atoms with van der Waals surface area (Å²) in [6, 6.07) is 12.6. The molecule has 0 spiro atoms. The summed E-state index contributed by atoms with van der Waals surface area (Å²) in [4.78, 5) is 20.3. The first-order chi connectivity index (χ1) is 17.0. The molecule has 1 saturated carbocycles. The van der Waals surface area contributed by atoms with Crippen LogP contribution in [0.1, 0.15) is 80.8 Å². The van der Waals surface area contributed by atoms with Gasteiger partial charge in [-0.1, -0.05) is 45.2 Å². The monoisotopic (exact) mass is 476 g/mol. The molecule has 2 aromatic carbocycles. The van der Waals surface area contributed by atoms with Gasteiger partial charge >= 0.3 is 0 Å². The minimum Gasteiger partial charge on any atom is -0.307 e. The number of anilines is 1. The van der Waals surface area contributed by atoms with Gasteiger partial charge in [0.25, 0.3) is 5.91 Å². The number of piperidine rings is 1. The van der Waals surface area contributed by atoms with Gasteiger partial charge in [-0.25, -0.2) is 9.37 Å². The summed E-state index contributed by atoms with van der Waals surface area (Å²) in [6.07, 6.45) is 8.35. The van der Waals surface area contributed by atoms with Crippen LogP contribution in [0.2, 0.25) is 0 Å². The largest absolute Gasteiger partial charge is 0.307 e. The van der Waals surface area contributed by atoms with E-state index in [1.165, 1.54) is 49.8 Å². The van der Waals surface area contributed by atoms with Gasteiger partial charge in [-0.15, -0.1) is 0 Å². The third-order valence-electron chi connectivity index (χ3n) is 7.99. The van der Waals surface area contributed by atoms with Crippen molar-refractivity contribution in [2.45, 2.75) is 71.4 Å². The Morgan fingerprint density at radius 3 is 2.54 bits per heavy atom. The van der Waals surface area contributed by atoms with Crippen LogP contribution in [-0.2, 0) is 6.54 Å². The van der Waals surface area contributed by atoms with Gasteiger partial charge in [0.2, 0.25) is 5.95 Å². The summed E-state index contributed by atoms with van der Waals surface area (Å²) in [5, 5.41) is 2.99. The molecule has 1 aliphatic carbocycles. The number of hydrogen-bond acceptors (Lipinski definition) is 3. The second kappa shape index (κ2) is 10.5. The maximum atomic E-state index is 13.7. The number of benzene rings is 2. The zero-order valence-corrected chi connectivity index (χ0v) is 21.0. The van der Waals surface area contributed by atoms with Crippen molar-refractivity contribution in [2.75, 3.05) is 18.4 Å². The number of nitrogens with zero attached hydrogens (tertiary/aromatic N) is 3. The number of carbonyl (C=O) groups is 1. The molecule has 5 nitrogen and oxygen atoms in total. The highest BCUT2D eigenvalue weighted by molar-refractivity contribution is 6.04. The fourth-order valence-corrected chi connectivity index (χ4v) is 5.87. The SMILES string of the molecule is CC(C)C1CCN(Cc2ccc3nc(NC(=O)c4cccc(F)c4)n(C4CCCCC4)c3c2)CC1. The van der Waals surface area contributed by atoms with Crippen LogP contribution in [0.3, 0.4) is 0 Å². The van der Waals surface area contributed by atoms with E-state index in [1.54, 1.807) is 12.1 Å². The molecule has 1 N–H and O–H groups in total. The lowest BCUT2D eigenvalue weighted by Crippen LogP contribution is -2.34. The van der Waals surface area contributed by atoms with E-state index >= 15 is 0 Å². The lowest BCUT2D eigenvalue weighted by Gasteiger charge is -2.33. The summed E-state index contributed by atoms with van der Waals surface area (Å²) >= 11 is 0. The highest BCUT2D eigenvalue weighted by atomic mass is 19.1. The van der Waals surface area contributed by atoms with Crippen molar-refractivity contribution in [3.63, 3.8) is 0 Å². The van der Waals surface area contributed by atoms with Crippen LogP contribution in [-0.4, -0.2) is 33.4 Å². The molecule has 0 atom stereocenters. The number of halogens is 1. The van der Waals surface area contributed by atoms with Crippen LogP contribution in [0.5, 0.6) is 0 Å². The van der Waals surface area contributed by atoms with Crippen LogP contribution >= 0.6 is 0 Å². The Kier molecular flexibility index (Phi) is 7.19. The van der Waals surface area contributed by atoms with E-state index < -0.39 is 5.82 Å². The second-order valence-electron chi connectivity index (χ2n) is 10.7. The fourth-order valence-electron chi connectivity index (χ4n) is 5.87. The van der Waals surface area contributed by atoms with Crippen molar-refractivity contribution < 1.29 is 9.18 Å². The predicted octanol–water partition coefficient (Wildman–Crippen LogP) is 6.80. The Morgan fingerprint density at radius 1 is 1.06 bits per heavy atom. The topological polar surface area (TPSA) is 50.2 Å². The van der Waals surface area contributed by atoms with Crippen molar-refractivity contribution in [3.8, 4) is 0 Å². The van der Waals surface area contributed by atoms with E-state index in [0.717, 1.165) is 55.3 Å². The summed E-state index contributed by atoms with van der Waals surface area (Å²) < 4.78 is 15.9. The number of imidazole rings is 1. The number of fused-ring (bicyclic) bond motifs is 1. The summed E-state index contributed by atoms with van der Waals surface area (Å²) in [7, 11) is 0. The normalized spacial score (nSPS) is 18.4. The van der Waals surface area contributed by atoms with Crippen molar-refractivity contribution in [2.24, 2.45) is 11.8 Å². The van der Waals surface area contributed by atoms with Gasteiger partial charge in [0, 0.05) is 18.2 Å². The molecule has 6 heteroatoms. The van der Waals surface area contributed by atoms with E-state index in [2.05, 4.69) is 46.8 Å². The molecule has 2 aliphatic rings. The van der Waals surface area contributed by atoms with Crippen LogP contribution in [0, 0.1) is 17.7 Å². The first-order valence-electron chi connectivity index (χ1n) is 13.3. The molecule has 2 fully saturated rings. The summed E-state index contributed by atoms with van der Waals surface area (Å²) in [5.74, 6) is 1.42. The number of rotatable bonds is 6. The molecular weight excluding hydrogens is 439 g/mol. The minimum absolute atomic E-state index is 0.303. The van der Waals surface area contributed by atoms with E-state index in [4.69, 9.17) is 4.98 Å². The lowest BCUT2D eigenvalue weighted by atomic mass is 9.86. The molecule has 1 aliphatic heterocycles. The number of aromatic nitrogens is 2. The predicted molar refractivity (Wildman–Crippen MR) is 139 cm³/mol. The van der Waals surface area contributed by atoms with Gasteiger partial charge in [0.15, 0.2) is 0 Å². The van der Waals surface area contributed by atoms with Gasteiger partial charge < -0.3 is 4.57 Å². The first-order valence-corrected chi connectivity index (χ1v) is 13.3. The van der Waals surface area contributed by atoms with Gasteiger partial charge in [0.05, 0.1) is 11.0 Å². The zero-order valence-electron chi connectivity index (χ0n) is 21.0. The highest BCUT2D eigenvalue weighted by Gasteiger charge is 2.25. The summed E-state index contributed by atoms with van der Waals surface area (Å²) in [5.41, 5.74) is 3.58. The van der Waals surface area contributed by atoms with Crippen molar-refractivity contribution in [3.05, 3.63) is 59.4 Å². The van der Waals surface area contributed by atoms with Gasteiger partial charge in [-0.2, -0.15) is 0 Å². The van der Waals surface area contributed by atoms with E-state index in [0.29, 0.717) is 17.6 Å². The average Bonchev–Trinajstić information content (AvgIpc) is 3.22. The number of amides is 1. The van der Waals surface area contributed by atoms with Crippen molar-refractivity contribution in [1.29, 1.82) is 0 Å². The quantitative estimate of drug-likeness (QED) is 0.426. The highest BCUT2D eigenvalue weighted by Crippen LogP contribution is 2.35. The number of nitrogens with one attached hydrogen (secondary N) is 1. The Bertz CT molecular complexity index is 1170. The summed E-state index contributed by atoms with van der Waals surface area (Å²) in [6.45, 7) is 7.92. The van der Waals surface area contributed by atoms with E-state index in [9.17, 15) is 9.18 Å². The zero-order chi connectivity index (χ0) is 24.4. The third kappa shape index (κ3) is 5.43. The Labute approximate surface area is 207 Å². The van der Waals surface area contributed by atoms with E-state index in [-0.39, 0.29) is 5.91 Å². The molecule has 1 aromatic heterocycles. The molecule has 0 bridgehead atoms. The molecule has 5 rings (SSSR count). The number of likely N-dealkylation sites (tertiary alicyclic amines) is 1. The molecule has 3 aromatic rings. The lowest BCUT2D eigenvalue weighted by molar-refractivity contribution is 0.102. The number of carbonyl (C=O) groups excluding carboxylic acids is 1. The molecule has 35 heavy (non-hydrogen) atoms. The van der Waals surface area contributed by atoms with Crippen LogP contribution < -0.4 is 5.32 Å². The third-order valence-corrected chi connectivity index (χ3v) is 7.99. The molecule has 186 valence electrons. The Morgan fingerprint density at radius 2 is 1.83 bits per heavy atom. The minimum atomic E-state index is -0.416. The van der Waals surface area contributed by atoms with Gasteiger partial charge in [-0.3, -0.25) is 15.0 Å². The molecular formula is C29H37FN4O. The average molecular weight is 477 g/mol. The molecule has 0 unspecified atom stereocenters. The van der Waals surface area contributed by atoms with Gasteiger partial charge in [0.1, 0.15) is 5.82 Å². The Hall–Kier alpha value is -2.73. The maximum absolute atomic E-state index is 13.7. The number of hydrogen-bond donors (Lipinski definition) is 1. The van der Waals surface area contributed by atoms with Crippen LogP contribution in [0.25, 0.3) is 11.0 Å². The van der Waals surface area contributed by atoms with Crippen molar-refractivity contribution >= 4 is 22.9 Å². The van der Waals surface area contributed by atoms with E-state index in [1.807, 2.05) is 0 Å². The van der Waals surface area contributed by atoms with Gasteiger partial charge in [-0.05, 0) is 86.5 Å². The van der Waals surface area contributed by atoms with Crippen molar-refractivity contribution in [1.82, 2.24) is 14.5 Å². The van der Waals surface area contributed by atoms with Crippen LogP contribution in [0.4, 0.5) is 10.3 Å².